The monoisotopic (exact) mass is 342 g/mol. The molecule has 2 N–H and O–H groups in total. The van der Waals surface area contributed by atoms with E-state index in [2.05, 4.69) is 4.74 Å². The molecule has 7 heteroatoms. The van der Waals surface area contributed by atoms with Crippen molar-refractivity contribution < 1.29 is 22.7 Å². The lowest BCUT2D eigenvalue weighted by Crippen LogP contribution is -2.48. The Balaban J connectivity index is 1.72. The van der Waals surface area contributed by atoms with Crippen molar-refractivity contribution in [3.8, 4) is 5.75 Å². The van der Waals surface area contributed by atoms with E-state index in [0.29, 0.717) is 25.1 Å². The summed E-state index contributed by atoms with van der Waals surface area (Å²) < 4.78 is 41.7. The number of hydrogen-bond donors (Lipinski definition) is 1. The van der Waals surface area contributed by atoms with E-state index in [1.165, 1.54) is 12.1 Å². The summed E-state index contributed by atoms with van der Waals surface area (Å²) in [6.45, 7) is 1.11. The number of nitrogens with two attached hydrogens (primary N) is 1. The second kappa shape index (κ2) is 6.63. The van der Waals surface area contributed by atoms with Crippen LogP contribution in [0, 0.1) is 5.92 Å². The summed E-state index contributed by atoms with van der Waals surface area (Å²) in [7, 11) is 0. The SMILES string of the molecule is NCC1CCCCN1C(=O)C1CC1c1ccccc1OC(F)(F)F. The van der Waals surface area contributed by atoms with Gasteiger partial charge in [0.2, 0.25) is 5.91 Å². The van der Waals surface area contributed by atoms with Gasteiger partial charge in [0.15, 0.2) is 0 Å². The van der Waals surface area contributed by atoms with Crippen molar-refractivity contribution >= 4 is 5.91 Å². The molecule has 3 atom stereocenters. The maximum absolute atomic E-state index is 12.7. The van der Waals surface area contributed by atoms with E-state index >= 15 is 0 Å². The molecular formula is C17H21F3N2O2. The van der Waals surface area contributed by atoms with Crippen LogP contribution in [-0.2, 0) is 4.79 Å². The van der Waals surface area contributed by atoms with Crippen LogP contribution >= 0.6 is 0 Å². The normalized spacial score (nSPS) is 27.0. The van der Waals surface area contributed by atoms with Crippen LogP contribution in [-0.4, -0.2) is 36.3 Å². The van der Waals surface area contributed by atoms with Crippen molar-refractivity contribution in [3.05, 3.63) is 29.8 Å². The quantitative estimate of drug-likeness (QED) is 0.915. The van der Waals surface area contributed by atoms with Gasteiger partial charge < -0.3 is 15.4 Å². The van der Waals surface area contributed by atoms with Crippen molar-refractivity contribution in [1.82, 2.24) is 4.90 Å². The molecule has 1 aromatic rings. The van der Waals surface area contributed by atoms with Crippen LogP contribution in [0.2, 0.25) is 0 Å². The Morgan fingerprint density at radius 2 is 2.04 bits per heavy atom. The van der Waals surface area contributed by atoms with Gasteiger partial charge in [-0.05, 0) is 43.2 Å². The minimum Gasteiger partial charge on any atom is -0.405 e. The molecule has 1 aliphatic heterocycles. The molecule has 132 valence electrons. The van der Waals surface area contributed by atoms with Gasteiger partial charge in [-0.3, -0.25) is 4.79 Å². The number of rotatable bonds is 4. The first kappa shape index (κ1) is 17.1. The number of amides is 1. The van der Waals surface area contributed by atoms with E-state index in [9.17, 15) is 18.0 Å². The van der Waals surface area contributed by atoms with Crippen LogP contribution in [0.1, 0.15) is 37.2 Å². The molecule has 1 saturated heterocycles. The van der Waals surface area contributed by atoms with Gasteiger partial charge in [-0.1, -0.05) is 18.2 Å². The molecule has 2 fully saturated rings. The number of nitrogens with zero attached hydrogens (tertiary/aromatic N) is 1. The predicted molar refractivity (Wildman–Crippen MR) is 82.4 cm³/mol. The number of likely N-dealkylation sites (tertiary alicyclic amines) is 1. The highest BCUT2D eigenvalue weighted by molar-refractivity contribution is 5.83. The van der Waals surface area contributed by atoms with Crippen LogP contribution in [0.3, 0.4) is 0 Å². The third kappa shape index (κ3) is 3.66. The minimum atomic E-state index is -4.73. The van der Waals surface area contributed by atoms with E-state index in [0.717, 1.165) is 19.3 Å². The zero-order valence-electron chi connectivity index (χ0n) is 13.3. The molecule has 24 heavy (non-hydrogen) atoms. The Morgan fingerprint density at radius 3 is 2.75 bits per heavy atom. The van der Waals surface area contributed by atoms with Gasteiger partial charge in [0.25, 0.3) is 0 Å². The fourth-order valence-corrected chi connectivity index (χ4v) is 3.56. The van der Waals surface area contributed by atoms with Gasteiger partial charge in [0.1, 0.15) is 5.75 Å². The number of halogens is 3. The van der Waals surface area contributed by atoms with Crippen LogP contribution < -0.4 is 10.5 Å². The summed E-state index contributed by atoms with van der Waals surface area (Å²) in [5.74, 6) is -0.678. The zero-order valence-corrected chi connectivity index (χ0v) is 13.3. The third-order valence-electron chi connectivity index (χ3n) is 4.83. The molecule has 0 aromatic heterocycles. The molecular weight excluding hydrogens is 321 g/mol. The zero-order chi connectivity index (χ0) is 17.3. The molecule has 3 unspecified atom stereocenters. The smallest absolute Gasteiger partial charge is 0.405 e. The molecule has 4 nitrogen and oxygen atoms in total. The number of benzene rings is 1. The second-order valence-corrected chi connectivity index (χ2v) is 6.45. The maximum atomic E-state index is 12.7. The van der Waals surface area contributed by atoms with E-state index in [-0.39, 0.29) is 29.5 Å². The third-order valence-corrected chi connectivity index (χ3v) is 4.83. The number of carbonyl (C=O) groups is 1. The van der Waals surface area contributed by atoms with Gasteiger partial charge in [-0.25, -0.2) is 0 Å². The van der Waals surface area contributed by atoms with Gasteiger partial charge in [-0.15, -0.1) is 13.2 Å². The van der Waals surface area contributed by atoms with Crippen molar-refractivity contribution in [3.63, 3.8) is 0 Å². The van der Waals surface area contributed by atoms with Gasteiger partial charge in [0.05, 0.1) is 0 Å². The van der Waals surface area contributed by atoms with Gasteiger partial charge in [0, 0.05) is 25.0 Å². The summed E-state index contributed by atoms with van der Waals surface area (Å²) in [4.78, 5) is 14.5. The largest absolute Gasteiger partial charge is 0.573 e. The number of carbonyl (C=O) groups excluding carboxylic acids is 1. The average Bonchev–Trinajstić information content (AvgIpc) is 3.33. The topological polar surface area (TPSA) is 55.6 Å². The first-order valence-electron chi connectivity index (χ1n) is 8.26. The van der Waals surface area contributed by atoms with E-state index in [4.69, 9.17) is 5.73 Å². The van der Waals surface area contributed by atoms with Crippen molar-refractivity contribution in [2.75, 3.05) is 13.1 Å². The summed E-state index contributed by atoms with van der Waals surface area (Å²) in [6, 6.07) is 6.12. The summed E-state index contributed by atoms with van der Waals surface area (Å²) in [5.41, 5.74) is 6.21. The predicted octanol–water partition coefficient (Wildman–Crippen LogP) is 3.03. The van der Waals surface area contributed by atoms with Crippen LogP contribution in [0.15, 0.2) is 24.3 Å². The Kier molecular flexibility index (Phi) is 4.71. The first-order valence-corrected chi connectivity index (χ1v) is 8.26. The van der Waals surface area contributed by atoms with Crippen molar-refractivity contribution in [2.24, 2.45) is 11.7 Å². The minimum absolute atomic E-state index is 0.0111. The second-order valence-electron chi connectivity index (χ2n) is 6.45. The molecule has 1 saturated carbocycles. The lowest BCUT2D eigenvalue weighted by molar-refractivity contribution is -0.274. The Morgan fingerprint density at radius 1 is 1.29 bits per heavy atom. The van der Waals surface area contributed by atoms with E-state index in [1.807, 2.05) is 4.90 Å². The molecule has 1 aromatic carbocycles. The maximum Gasteiger partial charge on any atom is 0.573 e. The van der Waals surface area contributed by atoms with Gasteiger partial charge in [-0.2, -0.15) is 0 Å². The Bertz CT molecular complexity index is 606. The van der Waals surface area contributed by atoms with Gasteiger partial charge >= 0.3 is 6.36 Å². The van der Waals surface area contributed by atoms with Crippen LogP contribution in [0.5, 0.6) is 5.75 Å². The summed E-state index contributed by atoms with van der Waals surface area (Å²) in [5, 5.41) is 0. The molecule has 1 heterocycles. The highest BCUT2D eigenvalue weighted by atomic mass is 19.4. The van der Waals surface area contributed by atoms with E-state index in [1.54, 1.807) is 12.1 Å². The van der Waals surface area contributed by atoms with Crippen molar-refractivity contribution in [1.29, 1.82) is 0 Å². The molecule has 3 rings (SSSR count). The number of hydrogen-bond acceptors (Lipinski definition) is 3. The molecule has 1 aliphatic carbocycles. The standard InChI is InChI=1S/C17H21F3N2O2/c18-17(19,20)24-15-7-2-1-6-12(15)13-9-14(13)16(23)22-8-4-3-5-11(22)10-21/h1-2,6-7,11,13-14H,3-5,8-10,21H2. The fourth-order valence-electron chi connectivity index (χ4n) is 3.56. The summed E-state index contributed by atoms with van der Waals surface area (Å²) in [6.07, 6.45) is -1.27. The highest BCUT2D eigenvalue weighted by Gasteiger charge is 2.48. The molecule has 2 aliphatic rings. The van der Waals surface area contributed by atoms with E-state index < -0.39 is 6.36 Å². The lowest BCUT2D eigenvalue weighted by Gasteiger charge is -2.35. The average molecular weight is 342 g/mol. The van der Waals surface area contributed by atoms with Crippen molar-refractivity contribution in [2.45, 2.75) is 44.0 Å². The fraction of sp³-hybridized carbons (Fsp3) is 0.588. The Labute approximate surface area is 138 Å². The molecule has 0 radical (unpaired) electrons. The highest BCUT2D eigenvalue weighted by Crippen LogP contribution is 2.52. The van der Waals surface area contributed by atoms with Crippen LogP contribution in [0.25, 0.3) is 0 Å². The summed E-state index contributed by atoms with van der Waals surface area (Å²) >= 11 is 0. The molecule has 0 bridgehead atoms. The number of para-hydroxylation sites is 1. The Hall–Kier alpha value is -1.76. The lowest BCUT2D eigenvalue weighted by atomic mass is 10.0. The molecule has 0 spiro atoms. The molecule has 1 amide bonds. The first-order chi connectivity index (χ1) is 11.4. The number of alkyl halides is 3. The number of piperidine rings is 1. The van der Waals surface area contributed by atoms with Crippen LogP contribution in [0.4, 0.5) is 13.2 Å². The number of ether oxygens (including phenoxy) is 1.